The van der Waals surface area contributed by atoms with E-state index in [2.05, 4.69) is 34.5 Å². The van der Waals surface area contributed by atoms with E-state index in [9.17, 15) is 4.79 Å². The summed E-state index contributed by atoms with van der Waals surface area (Å²) in [5, 5.41) is 7.18. The summed E-state index contributed by atoms with van der Waals surface area (Å²) in [5.74, 6) is 0.210. The third-order valence-electron chi connectivity index (χ3n) is 4.83. The van der Waals surface area contributed by atoms with E-state index >= 15 is 0 Å². The molecule has 4 nitrogen and oxygen atoms in total. The second-order valence-electron chi connectivity index (χ2n) is 6.17. The number of rotatable bonds is 4. The standard InChI is InChI=1S/C18H23N3O/c1-12-15(13(2)20-19-12)9-11-18(22)21(3)17-10-8-14-6-4-5-7-16(14)17/h4-7,17H,8-11H2,1-3H3,(H,19,20). The Balaban J connectivity index is 1.66. The summed E-state index contributed by atoms with van der Waals surface area (Å²) < 4.78 is 0. The van der Waals surface area contributed by atoms with Gasteiger partial charge in [0, 0.05) is 19.2 Å². The summed E-state index contributed by atoms with van der Waals surface area (Å²) in [5.41, 5.74) is 5.94. The first kappa shape index (κ1) is 14.8. The minimum atomic E-state index is 0.210. The molecule has 116 valence electrons. The highest BCUT2D eigenvalue weighted by molar-refractivity contribution is 5.77. The van der Waals surface area contributed by atoms with Crippen LogP contribution < -0.4 is 0 Å². The molecule has 2 aromatic rings. The van der Waals surface area contributed by atoms with Gasteiger partial charge >= 0.3 is 0 Å². The maximum Gasteiger partial charge on any atom is 0.223 e. The molecule has 1 atom stereocenters. The number of hydrogen-bond acceptors (Lipinski definition) is 2. The molecule has 1 unspecified atom stereocenters. The topological polar surface area (TPSA) is 49.0 Å². The Morgan fingerprint density at radius 1 is 1.36 bits per heavy atom. The van der Waals surface area contributed by atoms with Crippen LogP contribution in [-0.2, 0) is 17.6 Å². The van der Waals surface area contributed by atoms with Crippen LogP contribution >= 0.6 is 0 Å². The zero-order valence-corrected chi connectivity index (χ0v) is 13.5. The number of fused-ring (bicyclic) bond motifs is 1. The van der Waals surface area contributed by atoms with Crippen molar-refractivity contribution in [1.82, 2.24) is 15.1 Å². The monoisotopic (exact) mass is 297 g/mol. The lowest BCUT2D eigenvalue weighted by Crippen LogP contribution is -2.30. The summed E-state index contributed by atoms with van der Waals surface area (Å²) in [7, 11) is 1.93. The molecule has 0 bridgehead atoms. The van der Waals surface area contributed by atoms with E-state index < -0.39 is 0 Å². The van der Waals surface area contributed by atoms with Crippen molar-refractivity contribution in [3.8, 4) is 0 Å². The Hall–Kier alpha value is -2.10. The van der Waals surface area contributed by atoms with Crippen molar-refractivity contribution in [3.63, 3.8) is 0 Å². The van der Waals surface area contributed by atoms with Gasteiger partial charge < -0.3 is 4.90 Å². The van der Waals surface area contributed by atoms with Crippen molar-refractivity contribution in [2.75, 3.05) is 7.05 Å². The van der Waals surface area contributed by atoms with Gasteiger partial charge in [0.05, 0.1) is 11.7 Å². The van der Waals surface area contributed by atoms with E-state index in [1.807, 2.05) is 25.8 Å². The van der Waals surface area contributed by atoms with Crippen LogP contribution in [0.15, 0.2) is 24.3 Å². The molecule has 1 amide bonds. The Kier molecular flexibility index (Phi) is 4.01. The van der Waals surface area contributed by atoms with E-state index in [1.165, 1.54) is 16.7 Å². The second kappa shape index (κ2) is 5.95. The molecule has 1 heterocycles. The number of nitrogens with zero attached hydrogens (tertiary/aromatic N) is 2. The highest BCUT2D eigenvalue weighted by Gasteiger charge is 2.28. The summed E-state index contributed by atoms with van der Waals surface area (Å²) in [6.45, 7) is 4.00. The normalized spacial score (nSPS) is 16.6. The predicted molar refractivity (Wildman–Crippen MR) is 86.7 cm³/mol. The van der Waals surface area contributed by atoms with Gasteiger partial charge in [0.1, 0.15) is 0 Å². The zero-order valence-electron chi connectivity index (χ0n) is 13.5. The van der Waals surface area contributed by atoms with Crippen LogP contribution in [-0.4, -0.2) is 28.1 Å². The van der Waals surface area contributed by atoms with Crippen molar-refractivity contribution in [2.45, 2.75) is 45.6 Å². The molecule has 22 heavy (non-hydrogen) atoms. The van der Waals surface area contributed by atoms with Crippen LogP contribution in [0.2, 0.25) is 0 Å². The van der Waals surface area contributed by atoms with Gasteiger partial charge in [0.25, 0.3) is 0 Å². The number of amides is 1. The molecule has 1 aliphatic carbocycles. The molecule has 0 saturated heterocycles. The van der Waals surface area contributed by atoms with Gasteiger partial charge in [0.15, 0.2) is 0 Å². The third kappa shape index (κ3) is 2.65. The highest BCUT2D eigenvalue weighted by Crippen LogP contribution is 2.35. The van der Waals surface area contributed by atoms with Gasteiger partial charge in [-0.2, -0.15) is 5.10 Å². The average Bonchev–Trinajstić information content (AvgIpc) is 3.08. The van der Waals surface area contributed by atoms with Gasteiger partial charge in [-0.25, -0.2) is 0 Å². The number of H-pyrrole nitrogens is 1. The minimum absolute atomic E-state index is 0.210. The number of carbonyl (C=O) groups is 1. The molecule has 0 radical (unpaired) electrons. The molecule has 0 spiro atoms. The fourth-order valence-electron chi connectivity index (χ4n) is 3.46. The van der Waals surface area contributed by atoms with Crippen LogP contribution in [0.5, 0.6) is 0 Å². The number of carbonyl (C=O) groups excluding carboxylic acids is 1. The Morgan fingerprint density at radius 2 is 2.14 bits per heavy atom. The first-order chi connectivity index (χ1) is 10.6. The van der Waals surface area contributed by atoms with Crippen molar-refractivity contribution in [1.29, 1.82) is 0 Å². The van der Waals surface area contributed by atoms with E-state index in [0.717, 1.165) is 30.7 Å². The lowest BCUT2D eigenvalue weighted by molar-refractivity contribution is -0.132. The molecule has 1 aromatic heterocycles. The van der Waals surface area contributed by atoms with Crippen LogP contribution in [0, 0.1) is 13.8 Å². The molecule has 0 saturated carbocycles. The van der Waals surface area contributed by atoms with Crippen molar-refractivity contribution in [2.24, 2.45) is 0 Å². The van der Waals surface area contributed by atoms with Gasteiger partial charge in [0.2, 0.25) is 5.91 Å². The largest absolute Gasteiger partial charge is 0.339 e. The quantitative estimate of drug-likeness (QED) is 0.942. The first-order valence-corrected chi connectivity index (χ1v) is 7.92. The fourth-order valence-corrected chi connectivity index (χ4v) is 3.46. The first-order valence-electron chi connectivity index (χ1n) is 7.92. The molecule has 1 aliphatic rings. The minimum Gasteiger partial charge on any atom is -0.339 e. The summed E-state index contributed by atoms with van der Waals surface area (Å²) in [6.07, 6.45) is 3.39. The molecule has 1 aromatic carbocycles. The Morgan fingerprint density at radius 3 is 2.86 bits per heavy atom. The number of aryl methyl sites for hydroxylation is 3. The SMILES string of the molecule is Cc1n[nH]c(C)c1CCC(=O)N(C)C1CCc2ccccc21. The number of aromatic amines is 1. The molecule has 3 rings (SSSR count). The highest BCUT2D eigenvalue weighted by atomic mass is 16.2. The van der Waals surface area contributed by atoms with E-state index in [-0.39, 0.29) is 11.9 Å². The number of aromatic nitrogens is 2. The summed E-state index contributed by atoms with van der Waals surface area (Å²) in [6, 6.07) is 8.70. The Bertz CT molecular complexity index is 670. The van der Waals surface area contributed by atoms with Gasteiger partial charge in [-0.3, -0.25) is 9.89 Å². The maximum atomic E-state index is 12.6. The lowest BCUT2D eigenvalue weighted by Gasteiger charge is -2.25. The van der Waals surface area contributed by atoms with Crippen LogP contribution in [0.3, 0.4) is 0 Å². The van der Waals surface area contributed by atoms with Gasteiger partial charge in [-0.15, -0.1) is 0 Å². The number of hydrogen-bond donors (Lipinski definition) is 1. The number of benzene rings is 1. The Labute approximate surface area is 131 Å². The van der Waals surface area contributed by atoms with E-state index in [4.69, 9.17) is 0 Å². The van der Waals surface area contributed by atoms with Crippen molar-refractivity contribution < 1.29 is 4.79 Å². The van der Waals surface area contributed by atoms with Crippen molar-refractivity contribution in [3.05, 3.63) is 52.3 Å². The molecule has 4 heteroatoms. The van der Waals surface area contributed by atoms with Crippen LogP contribution in [0.1, 0.15) is 47.0 Å². The van der Waals surface area contributed by atoms with E-state index in [0.29, 0.717) is 6.42 Å². The molecule has 0 fully saturated rings. The zero-order chi connectivity index (χ0) is 15.7. The van der Waals surface area contributed by atoms with E-state index in [1.54, 1.807) is 0 Å². The van der Waals surface area contributed by atoms with Crippen LogP contribution in [0.4, 0.5) is 0 Å². The van der Waals surface area contributed by atoms with Gasteiger partial charge in [-0.05, 0) is 49.8 Å². The average molecular weight is 297 g/mol. The molecular weight excluding hydrogens is 274 g/mol. The fraction of sp³-hybridized carbons (Fsp3) is 0.444. The third-order valence-corrected chi connectivity index (χ3v) is 4.83. The molecule has 0 aliphatic heterocycles. The van der Waals surface area contributed by atoms with Crippen molar-refractivity contribution >= 4 is 5.91 Å². The molecule has 1 N–H and O–H groups in total. The van der Waals surface area contributed by atoms with Gasteiger partial charge in [-0.1, -0.05) is 24.3 Å². The second-order valence-corrected chi connectivity index (χ2v) is 6.17. The van der Waals surface area contributed by atoms with Crippen LogP contribution in [0.25, 0.3) is 0 Å². The predicted octanol–water partition coefficient (Wildman–Crippen LogP) is 3.11. The molecular formula is C18H23N3O. The number of nitrogens with one attached hydrogen (secondary N) is 1. The maximum absolute atomic E-state index is 12.6. The summed E-state index contributed by atoms with van der Waals surface area (Å²) in [4.78, 5) is 14.5. The lowest BCUT2D eigenvalue weighted by atomic mass is 10.0. The summed E-state index contributed by atoms with van der Waals surface area (Å²) >= 11 is 0. The smallest absolute Gasteiger partial charge is 0.223 e.